The van der Waals surface area contributed by atoms with Crippen LogP contribution in [0.15, 0.2) is 29.4 Å². The van der Waals surface area contributed by atoms with Crippen molar-refractivity contribution >= 4 is 18.2 Å². The molecule has 1 aromatic rings. The van der Waals surface area contributed by atoms with Crippen LogP contribution in [0.3, 0.4) is 0 Å². The van der Waals surface area contributed by atoms with Crippen LogP contribution >= 0.6 is 0 Å². The predicted molar refractivity (Wildman–Crippen MR) is 75.2 cm³/mol. The van der Waals surface area contributed by atoms with Crippen molar-refractivity contribution in [3.8, 4) is 0 Å². The van der Waals surface area contributed by atoms with Gasteiger partial charge in [-0.25, -0.2) is 9.18 Å². The number of nitrogens with one attached hydrogen (secondary N) is 1. The first-order chi connectivity index (χ1) is 10.1. The molecule has 1 aliphatic carbocycles. The average Bonchev–Trinajstić information content (AvgIpc) is 2.70. The second-order valence-corrected chi connectivity index (χ2v) is 5.46. The van der Waals surface area contributed by atoms with Crippen molar-refractivity contribution < 1.29 is 14.0 Å². The zero-order chi connectivity index (χ0) is 14.9. The molecule has 21 heavy (non-hydrogen) atoms. The van der Waals surface area contributed by atoms with Crippen LogP contribution in [0.2, 0.25) is 0 Å². The fraction of sp³-hybridized carbons (Fsp3) is 0.400. The Labute approximate surface area is 121 Å². The van der Waals surface area contributed by atoms with Crippen LogP contribution < -0.4 is 5.32 Å². The molecule has 1 aromatic carbocycles. The molecule has 1 N–H and O–H groups in total. The molecule has 0 aromatic heterocycles. The Bertz CT molecular complexity index is 609. The number of halogens is 1. The summed E-state index contributed by atoms with van der Waals surface area (Å²) in [6.07, 6.45) is 5.39. The minimum absolute atomic E-state index is 0.239. The molecule has 1 heterocycles. The minimum Gasteiger partial charge on any atom is -0.321 e. The summed E-state index contributed by atoms with van der Waals surface area (Å²) >= 11 is 0. The summed E-state index contributed by atoms with van der Waals surface area (Å²) in [5.74, 6) is -0.777. The number of nitrogens with zero attached hydrogens (tertiary/aromatic N) is 2. The lowest BCUT2D eigenvalue weighted by Crippen LogP contribution is -2.48. The number of carbonyl (C=O) groups is 2. The molecule has 0 unspecified atom stereocenters. The molecule has 0 radical (unpaired) electrons. The molecular weight excluding hydrogens is 273 g/mol. The van der Waals surface area contributed by atoms with E-state index in [9.17, 15) is 14.0 Å². The number of hydrogen-bond acceptors (Lipinski definition) is 3. The minimum atomic E-state index is -0.804. The van der Waals surface area contributed by atoms with E-state index in [0.717, 1.165) is 24.3 Å². The van der Waals surface area contributed by atoms with E-state index in [1.807, 2.05) is 0 Å². The van der Waals surface area contributed by atoms with Crippen LogP contribution in [0.5, 0.6) is 0 Å². The molecule has 1 saturated carbocycles. The van der Waals surface area contributed by atoms with E-state index < -0.39 is 17.4 Å². The number of amides is 3. The monoisotopic (exact) mass is 289 g/mol. The first kappa shape index (κ1) is 13.7. The van der Waals surface area contributed by atoms with Gasteiger partial charge in [0.2, 0.25) is 0 Å². The largest absolute Gasteiger partial charge is 0.346 e. The SMILES string of the molecule is O=C1NC2(CCCCC2)C(=O)N1N=Cc1ccccc1F. The number of imide groups is 1. The van der Waals surface area contributed by atoms with Gasteiger partial charge in [-0.2, -0.15) is 5.10 Å². The van der Waals surface area contributed by atoms with Gasteiger partial charge in [-0.1, -0.05) is 37.5 Å². The molecule has 2 aliphatic rings. The van der Waals surface area contributed by atoms with Gasteiger partial charge in [0.25, 0.3) is 5.91 Å². The van der Waals surface area contributed by atoms with Crippen LogP contribution in [0.1, 0.15) is 37.7 Å². The third-order valence-corrected chi connectivity index (χ3v) is 4.06. The lowest BCUT2D eigenvalue weighted by atomic mass is 9.82. The molecule has 3 amide bonds. The summed E-state index contributed by atoms with van der Waals surface area (Å²) in [6.45, 7) is 0. The van der Waals surface area contributed by atoms with Crippen LogP contribution in [0.25, 0.3) is 0 Å². The van der Waals surface area contributed by atoms with Crippen LogP contribution in [-0.4, -0.2) is 28.7 Å². The summed E-state index contributed by atoms with van der Waals surface area (Å²) in [7, 11) is 0. The van der Waals surface area contributed by atoms with Crippen LogP contribution in [0.4, 0.5) is 9.18 Å². The van der Waals surface area contributed by atoms with Gasteiger partial charge in [0.1, 0.15) is 11.4 Å². The Morgan fingerprint density at radius 2 is 1.90 bits per heavy atom. The Morgan fingerprint density at radius 3 is 2.62 bits per heavy atom. The summed E-state index contributed by atoms with van der Waals surface area (Å²) in [5, 5.41) is 7.44. The maximum Gasteiger partial charge on any atom is 0.346 e. The van der Waals surface area contributed by atoms with E-state index in [1.165, 1.54) is 18.3 Å². The second-order valence-electron chi connectivity index (χ2n) is 5.46. The second kappa shape index (κ2) is 5.27. The van der Waals surface area contributed by atoms with Crippen molar-refractivity contribution in [2.75, 3.05) is 0 Å². The normalized spacial score (nSPS) is 21.3. The van der Waals surface area contributed by atoms with Crippen molar-refractivity contribution in [3.05, 3.63) is 35.6 Å². The van der Waals surface area contributed by atoms with E-state index in [1.54, 1.807) is 12.1 Å². The number of urea groups is 1. The maximum atomic E-state index is 13.5. The van der Waals surface area contributed by atoms with Gasteiger partial charge in [-0.05, 0) is 18.9 Å². The van der Waals surface area contributed by atoms with Crippen molar-refractivity contribution in [2.45, 2.75) is 37.6 Å². The van der Waals surface area contributed by atoms with E-state index in [-0.39, 0.29) is 11.5 Å². The fourth-order valence-corrected chi connectivity index (χ4v) is 2.90. The van der Waals surface area contributed by atoms with Gasteiger partial charge in [0, 0.05) is 5.56 Å². The number of carbonyl (C=O) groups excluding carboxylic acids is 2. The van der Waals surface area contributed by atoms with Gasteiger partial charge in [-0.3, -0.25) is 4.79 Å². The summed E-state index contributed by atoms with van der Waals surface area (Å²) in [4.78, 5) is 24.4. The van der Waals surface area contributed by atoms with Gasteiger partial charge >= 0.3 is 6.03 Å². The summed E-state index contributed by atoms with van der Waals surface area (Å²) in [6, 6.07) is 5.54. The smallest absolute Gasteiger partial charge is 0.321 e. The molecule has 1 spiro atoms. The molecular formula is C15H16FN3O2. The molecule has 2 fully saturated rings. The first-order valence-electron chi connectivity index (χ1n) is 7.08. The highest BCUT2D eigenvalue weighted by Crippen LogP contribution is 2.33. The van der Waals surface area contributed by atoms with Crippen LogP contribution in [0, 0.1) is 5.82 Å². The fourth-order valence-electron chi connectivity index (χ4n) is 2.90. The lowest BCUT2D eigenvalue weighted by molar-refractivity contribution is -0.132. The van der Waals surface area contributed by atoms with Gasteiger partial charge in [0.15, 0.2) is 0 Å². The first-order valence-corrected chi connectivity index (χ1v) is 7.08. The van der Waals surface area contributed by atoms with Crippen molar-refractivity contribution in [1.82, 2.24) is 10.3 Å². The highest BCUT2D eigenvalue weighted by molar-refractivity contribution is 6.07. The van der Waals surface area contributed by atoms with Gasteiger partial charge in [-0.15, -0.1) is 5.01 Å². The molecule has 1 saturated heterocycles. The number of hydrazone groups is 1. The van der Waals surface area contributed by atoms with E-state index in [0.29, 0.717) is 12.8 Å². The maximum absolute atomic E-state index is 13.5. The molecule has 3 rings (SSSR count). The Kier molecular flexibility index (Phi) is 3.45. The third kappa shape index (κ3) is 2.41. The molecule has 5 nitrogen and oxygen atoms in total. The quantitative estimate of drug-likeness (QED) is 0.671. The van der Waals surface area contributed by atoms with E-state index in [4.69, 9.17) is 0 Å². The third-order valence-electron chi connectivity index (χ3n) is 4.06. The van der Waals surface area contributed by atoms with Crippen LogP contribution in [-0.2, 0) is 4.79 Å². The van der Waals surface area contributed by atoms with E-state index in [2.05, 4.69) is 10.4 Å². The predicted octanol–water partition coefficient (Wildman–Crippen LogP) is 2.41. The van der Waals surface area contributed by atoms with E-state index >= 15 is 0 Å². The summed E-state index contributed by atoms with van der Waals surface area (Å²) in [5.41, 5.74) is -0.565. The van der Waals surface area contributed by atoms with Crippen molar-refractivity contribution in [2.24, 2.45) is 5.10 Å². The Balaban J connectivity index is 1.81. The van der Waals surface area contributed by atoms with Crippen molar-refractivity contribution in [1.29, 1.82) is 0 Å². The Hall–Kier alpha value is -2.24. The van der Waals surface area contributed by atoms with Gasteiger partial charge in [0.05, 0.1) is 6.21 Å². The summed E-state index contributed by atoms with van der Waals surface area (Å²) < 4.78 is 13.5. The standard InChI is InChI=1S/C15H16FN3O2/c16-12-7-3-2-6-11(12)10-17-19-13(20)15(18-14(19)21)8-4-1-5-9-15/h2-3,6-7,10H,1,4-5,8-9H2,(H,18,21). The van der Waals surface area contributed by atoms with Gasteiger partial charge < -0.3 is 5.32 Å². The number of benzene rings is 1. The number of rotatable bonds is 2. The molecule has 0 bridgehead atoms. The lowest BCUT2D eigenvalue weighted by Gasteiger charge is -2.29. The molecule has 6 heteroatoms. The topological polar surface area (TPSA) is 61.8 Å². The molecule has 110 valence electrons. The Morgan fingerprint density at radius 1 is 1.19 bits per heavy atom. The average molecular weight is 289 g/mol. The zero-order valence-electron chi connectivity index (χ0n) is 11.5. The highest BCUT2D eigenvalue weighted by Gasteiger charge is 2.51. The highest BCUT2D eigenvalue weighted by atomic mass is 19.1. The molecule has 0 atom stereocenters. The number of hydrogen-bond donors (Lipinski definition) is 1. The zero-order valence-corrected chi connectivity index (χ0v) is 11.5. The van der Waals surface area contributed by atoms with Crippen molar-refractivity contribution in [3.63, 3.8) is 0 Å². The molecule has 1 aliphatic heterocycles.